The van der Waals surface area contributed by atoms with Gasteiger partial charge in [-0.05, 0) is 37.5 Å². The molecule has 3 heteroatoms. The van der Waals surface area contributed by atoms with Gasteiger partial charge in [-0.3, -0.25) is 0 Å². The van der Waals surface area contributed by atoms with Crippen LogP contribution in [0.15, 0.2) is 18.2 Å². The number of hydrogen-bond donors (Lipinski definition) is 1. The lowest BCUT2D eigenvalue weighted by Gasteiger charge is -2.24. The fourth-order valence-electron chi connectivity index (χ4n) is 2.37. The van der Waals surface area contributed by atoms with Crippen LogP contribution in [0.25, 0.3) is 0 Å². The van der Waals surface area contributed by atoms with Gasteiger partial charge in [0, 0.05) is 19.1 Å². The van der Waals surface area contributed by atoms with Crippen molar-refractivity contribution in [2.45, 2.75) is 38.6 Å². The molecule has 1 aliphatic heterocycles. The van der Waals surface area contributed by atoms with Gasteiger partial charge in [-0.1, -0.05) is 30.5 Å². The molecule has 2 rings (SSSR count). The summed E-state index contributed by atoms with van der Waals surface area (Å²) in [6.07, 6.45) is 5.22. The molecule has 0 spiro atoms. The lowest BCUT2D eigenvalue weighted by Crippen LogP contribution is -2.24. The van der Waals surface area contributed by atoms with Gasteiger partial charge >= 0.3 is 0 Å². The molecule has 0 saturated carbocycles. The molecule has 1 saturated heterocycles. The molecule has 94 valence electrons. The van der Waals surface area contributed by atoms with Crippen LogP contribution < -0.4 is 10.6 Å². The minimum Gasteiger partial charge on any atom is -0.370 e. The van der Waals surface area contributed by atoms with Crippen LogP contribution in [0, 0.1) is 0 Å². The van der Waals surface area contributed by atoms with Crippen molar-refractivity contribution in [3.05, 3.63) is 28.8 Å². The SMILES string of the molecule is CC(N)c1ccc(N2CCCCCC2)c(Cl)c1. The Morgan fingerprint density at radius 1 is 1.18 bits per heavy atom. The molecular weight excluding hydrogens is 232 g/mol. The van der Waals surface area contributed by atoms with E-state index in [1.54, 1.807) is 0 Å². The Kier molecular flexibility index (Phi) is 4.30. The minimum atomic E-state index is 0.0469. The van der Waals surface area contributed by atoms with Crippen LogP contribution in [0.3, 0.4) is 0 Å². The van der Waals surface area contributed by atoms with E-state index in [0.717, 1.165) is 29.4 Å². The van der Waals surface area contributed by atoms with Crippen molar-refractivity contribution in [2.24, 2.45) is 5.73 Å². The predicted octanol–water partition coefficient (Wildman–Crippen LogP) is 3.74. The molecule has 0 aromatic heterocycles. The summed E-state index contributed by atoms with van der Waals surface area (Å²) in [5.41, 5.74) is 8.13. The van der Waals surface area contributed by atoms with Gasteiger partial charge < -0.3 is 10.6 Å². The second-order valence-corrected chi connectivity index (χ2v) is 5.31. The van der Waals surface area contributed by atoms with Crippen molar-refractivity contribution < 1.29 is 0 Å². The minimum absolute atomic E-state index is 0.0469. The zero-order valence-corrected chi connectivity index (χ0v) is 11.2. The number of nitrogens with zero attached hydrogens (tertiary/aromatic N) is 1. The van der Waals surface area contributed by atoms with Crippen LogP contribution >= 0.6 is 11.6 Å². The van der Waals surface area contributed by atoms with Crippen LogP contribution in [0.5, 0.6) is 0 Å². The number of benzene rings is 1. The highest BCUT2D eigenvalue weighted by molar-refractivity contribution is 6.33. The van der Waals surface area contributed by atoms with Crippen molar-refractivity contribution in [3.8, 4) is 0 Å². The summed E-state index contributed by atoms with van der Waals surface area (Å²) in [6.45, 7) is 4.23. The van der Waals surface area contributed by atoms with Crippen molar-refractivity contribution in [3.63, 3.8) is 0 Å². The van der Waals surface area contributed by atoms with Crippen molar-refractivity contribution in [1.29, 1.82) is 0 Å². The topological polar surface area (TPSA) is 29.3 Å². The van der Waals surface area contributed by atoms with Gasteiger partial charge in [-0.15, -0.1) is 0 Å². The Hall–Kier alpha value is -0.730. The Bertz CT molecular complexity index is 368. The van der Waals surface area contributed by atoms with Crippen LogP contribution in [0.2, 0.25) is 5.02 Å². The molecule has 2 nitrogen and oxygen atoms in total. The van der Waals surface area contributed by atoms with E-state index in [-0.39, 0.29) is 6.04 Å². The molecule has 1 aromatic carbocycles. The van der Waals surface area contributed by atoms with E-state index in [1.165, 1.54) is 25.7 Å². The molecule has 0 aliphatic carbocycles. The Morgan fingerprint density at radius 3 is 2.35 bits per heavy atom. The van der Waals surface area contributed by atoms with Gasteiger partial charge in [0.05, 0.1) is 10.7 Å². The van der Waals surface area contributed by atoms with Gasteiger partial charge in [0.2, 0.25) is 0 Å². The zero-order chi connectivity index (χ0) is 12.3. The summed E-state index contributed by atoms with van der Waals surface area (Å²) in [7, 11) is 0. The van der Waals surface area contributed by atoms with Crippen molar-refractivity contribution in [1.82, 2.24) is 0 Å². The van der Waals surface area contributed by atoms with Crippen LogP contribution in [0.1, 0.15) is 44.2 Å². The van der Waals surface area contributed by atoms with Gasteiger partial charge in [0.15, 0.2) is 0 Å². The van der Waals surface area contributed by atoms with Gasteiger partial charge in [-0.2, -0.15) is 0 Å². The second-order valence-electron chi connectivity index (χ2n) is 4.90. The second kappa shape index (κ2) is 5.74. The summed E-state index contributed by atoms with van der Waals surface area (Å²) in [4.78, 5) is 2.40. The normalized spacial score (nSPS) is 18.9. The van der Waals surface area contributed by atoms with Gasteiger partial charge in [0.1, 0.15) is 0 Å². The standard InChI is InChI=1S/C14H21ClN2/c1-11(16)12-6-7-14(13(15)10-12)17-8-4-2-3-5-9-17/h6-7,10-11H,2-5,8-9,16H2,1H3. The fraction of sp³-hybridized carbons (Fsp3) is 0.571. The quantitative estimate of drug-likeness (QED) is 0.869. The third kappa shape index (κ3) is 3.14. The first-order valence-electron chi connectivity index (χ1n) is 6.48. The van der Waals surface area contributed by atoms with Crippen LogP contribution in [-0.2, 0) is 0 Å². The van der Waals surface area contributed by atoms with E-state index in [4.69, 9.17) is 17.3 Å². The summed E-state index contributed by atoms with van der Waals surface area (Å²) in [5, 5.41) is 0.835. The lowest BCUT2D eigenvalue weighted by atomic mass is 10.1. The lowest BCUT2D eigenvalue weighted by molar-refractivity contribution is 0.726. The van der Waals surface area contributed by atoms with E-state index in [1.807, 2.05) is 13.0 Å². The van der Waals surface area contributed by atoms with Gasteiger partial charge in [0.25, 0.3) is 0 Å². The molecule has 1 unspecified atom stereocenters. The number of anilines is 1. The van der Waals surface area contributed by atoms with Gasteiger partial charge in [-0.25, -0.2) is 0 Å². The molecule has 17 heavy (non-hydrogen) atoms. The molecule has 1 heterocycles. The molecule has 0 bridgehead atoms. The smallest absolute Gasteiger partial charge is 0.0642 e. The summed E-state index contributed by atoms with van der Waals surface area (Å²) < 4.78 is 0. The van der Waals surface area contributed by atoms with Crippen molar-refractivity contribution >= 4 is 17.3 Å². The van der Waals surface area contributed by atoms with Crippen LogP contribution in [0.4, 0.5) is 5.69 Å². The molecule has 1 aliphatic rings. The number of rotatable bonds is 2. The Morgan fingerprint density at radius 2 is 1.82 bits per heavy atom. The largest absolute Gasteiger partial charge is 0.370 e. The molecule has 1 fully saturated rings. The first-order valence-corrected chi connectivity index (χ1v) is 6.86. The summed E-state index contributed by atoms with van der Waals surface area (Å²) in [6, 6.07) is 6.26. The van der Waals surface area contributed by atoms with E-state index in [9.17, 15) is 0 Å². The highest BCUT2D eigenvalue weighted by Crippen LogP contribution is 2.30. The predicted molar refractivity (Wildman–Crippen MR) is 74.7 cm³/mol. The van der Waals surface area contributed by atoms with E-state index >= 15 is 0 Å². The van der Waals surface area contributed by atoms with E-state index in [0.29, 0.717) is 0 Å². The zero-order valence-electron chi connectivity index (χ0n) is 10.5. The summed E-state index contributed by atoms with van der Waals surface area (Å²) >= 11 is 6.36. The first kappa shape index (κ1) is 12.7. The van der Waals surface area contributed by atoms with E-state index in [2.05, 4.69) is 17.0 Å². The fourth-order valence-corrected chi connectivity index (χ4v) is 2.68. The Balaban J connectivity index is 2.19. The average molecular weight is 253 g/mol. The maximum atomic E-state index is 6.36. The Labute approximate surface area is 109 Å². The molecular formula is C14H21ClN2. The number of hydrogen-bond acceptors (Lipinski definition) is 2. The number of halogens is 1. The monoisotopic (exact) mass is 252 g/mol. The van der Waals surface area contributed by atoms with Crippen molar-refractivity contribution in [2.75, 3.05) is 18.0 Å². The summed E-state index contributed by atoms with van der Waals surface area (Å²) in [5.74, 6) is 0. The highest BCUT2D eigenvalue weighted by atomic mass is 35.5. The molecule has 1 aromatic rings. The third-order valence-corrected chi connectivity index (χ3v) is 3.75. The first-order chi connectivity index (χ1) is 8.18. The maximum Gasteiger partial charge on any atom is 0.0642 e. The molecule has 0 radical (unpaired) electrons. The molecule has 2 N–H and O–H groups in total. The van der Waals surface area contributed by atoms with E-state index < -0.39 is 0 Å². The number of nitrogens with two attached hydrogens (primary N) is 1. The highest BCUT2D eigenvalue weighted by Gasteiger charge is 2.13. The maximum absolute atomic E-state index is 6.36. The molecule has 1 atom stereocenters. The average Bonchev–Trinajstić information content (AvgIpc) is 2.57. The van der Waals surface area contributed by atoms with Crippen LogP contribution in [-0.4, -0.2) is 13.1 Å². The third-order valence-electron chi connectivity index (χ3n) is 3.44. The molecule has 0 amide bonds.